The Morgan fingerprint density at radius 1 is 1.24 bits per heavy atom. The van der Waals surface area contributed by atoms with Gasteiger partial charge in [-0.25, -0.2) is 4.98 Å². The van der Waals surface area contributed by atoms with Gasteiger partial charge in [-0.3, -0.25) is 14.4 Å². The summed E-state index contributed by atoms with van der Waals surface area (Å²) in [6.07, 6.45) is 6.78. The summed E-state index contributed by atoms with van der Waals surface area (Å²) in [6, 6.07) is 0.0771. The van der Waals surface area contributed by atoms with Gasteiger partial charge in [0.05, 0.1) is 5.92 Å². The van der Waals surface area contributed by atoms with Gasteiger partial charge in [-0.1, -0.05) is 6.42 Å². The number of H-pyrrole nitrogens is 1. The average Bonchev–Trinajstić information content (AvgIpc) is 2.82. The normalized spacial score (nSPS) is 26.5. The summed E-state index contributed by atoms with van der Waals surface area (Å²) in [5.41, 5.74) is -0.350. The third-order valence-corrected chi connectivity index (χ3v) is 5.92. The Morgan fingerprint density at radius 2 is 2.04 bits per heavy atom. The number of fused-ring (bicyclic) bond motifs is 4. The third kappa shape index (κ3) is 2.96. The molecule has 4 aliphatic rings. The summed E-state index contributed by atoms with van der Waals surface area (Å²) in [5.74, 6) is 0.842. The van der Waals surface area contributed by atoms with Gasteiger partial charge in [-0.05, 0) is 38.5 Å². The van der Waals surface area contributed by atoms with Crippen molar-refractivity contribution in [3.63, 3.8) is 0 Å². The van der Waals surface area contributed by atoms with E-state index in [1.807, 2.05) is 4.90 Å². The van der Waals surface area contributed by atoms with Crippen LogP contribution in [0.2, 0.25) is 0 Å². The molecule has 1 aliphatic carbocycles. The van der Waals surface area contributed by atoms with Crippen molar-refractivity contribution in [2.45, 2.75) is 45.1 Å². The molecule has 25 heavy (non-hydrogen) atoms. The number of piperidine rings is 1. The van der Waals surface area contributed by atoms with Crippen molar-refractivity contribution in [2.24, 2.45) is 11.8 Å². The molecule has 2 atom stereocenters. The second-order valence-electron chi connectivity index (χ2n) is 7.64. The molecule has 4 fully saturated rings. The fourth-order valence-corrected chi connectivity index (χ4v) is 4.21. The third-order valence-electron chi connectivity index (χ3n) is 5.92. The van der Waals surface area contributed by atoms with Gasteiger partial charge in [0.2, 0.25) is 5.91 Å². The number of amides is 2. The number of hydrogen-bond donors (Lipinski definition) is 1. The van der Waals surface area contributed by atoms with E-state index < -0.39 is 5.56 Å². The van der Waals surface area contributed by atoms with Crippen LogP contribution in [0.3, 0.4) is 0 Å². The van der Waals surface area contributed by atoms with Gasteiger partial charge in [0.25, 0.3) is 11.5 Å². The van der Waals surface area contributed by atoms with E-state index in [1.165, 1.54) is 25.5 Å². The van der Waals surface area contributed by atoms with Crippen molar-refractivity contribution in [3.8, 4) is 0 Å². The number of nitrogens with zero attached hydrogens (tertiary/aromatic N) is 3. The molecule has 0 aromatic carbocycles. The lowest BCUT2D eigenvalue weighted by Crippen LogP contribution is -2.50. The molecule has 4 heterocycles. The molecule has 2 bridgehead atoms. The average molecular weight is 344 g/mol. The fraction of sp³-hybridized carbons (Fsp3) is 0.667. The molecule has 7 heteroatoms. The van der Waals surface area contributed by atoms with Crippen molar-refractivity contribution >= 4 is 11.8 Å². The Kier molecular flexibility index (Phi) is 4.09. The maximum Gasteiger partial charge on any atom is 0.263 e. The zero-order valence-corrected chi connectivity index (χ0v) is 14.5. The van der Waals surface area contributed by atoms with Gasteiger partial charge >= 0.3 is 0 Å². The second-order valence-corrected chi connectivity index (χ2v) is 7.64. The monoisotopic (exact) mass is 344 g/mol. The molecule has 3 aliphatic heterocycles. The van der Waals surface area contributed by atoms with Gasteiger partial charge in [-0.15, -0.1) is 0 Å². The van der Waals surface area contributed by atoms with Crippen LogP contribution in [-0.4, -0.2) is 57.3 Å². The summed E-state index contributed by atoms with van der Waals surface area (Å²) < 4.78 is 0. The van der Waals surface area contributed by atoms with Gasteiger partial charge in [0, 0.05) is 31.9 Å². The molecule has 1 aromatic rings. The van der Waals surface area contributed by atoms with Gasteiger partial charge < -0.3 is 14.8 Å². The molecule has 0 spiro atoms. The predicted octanol–water partition coefficient (Wildman–Crippen LogP) is 0.941. The molecular weight excluding hydrogens is 320 g/mol. The van der Waals surface area contributed by atoms with Crippen LogP contribution in [0.25, 0.3) is 0 Å². The van der Waals surface area contributed by atoms with E-state index in [-0.39, 0.29) is 29.3 Å². The quantitative estimate of drug-likeness (QED) is 0.884. The number of hydrogen-bond acceptors (Lipinski definition) is 4. The highest BCUT2D eigenvalue weighted by Crippen LogP contribution is 2.34. The molecule has 0 radical (unpaired) electrons. The van der Waals surface area contributed by atoms with E-state index in [4.69, 9.17) is 0 Å². The lowest BCUT2D eigenvalue weighted by molar-refractivity contribution is -0.141. The van der Waals surface area contributed by atoms with Gasteiger partial charge in [0.1, 0.15) is 11.4 Å². The maximum absolute atomic E-state index is 12.8. The summed E-state index contributed by atoms with van der Waals surface area (Å²) in [7, 11) is 0. The van der Waals surface area contributed by atoms with E-state index in [2.05, 4.69) is 9.97 Å². The summed E-state index contributed by atoms with van der Waals surface area (Å²) >= 11 is 0. The predicted molar refractivity (Wildman–Crippen MR) is 91.1 cm³/mol. The van der Waals surface area contributed by atoms with Crippen LogP contribution in [0.5, 0.6) is 0 Å². The first kappa shape index (κ1) is 16.3. The highest BCUT2D eigenvalue weighted by molar-refractivity contribution is 5.94. The smallest absolute Gasteiger partial charge is 0.263 e. The van der Waals surface area contributed by atoms with E-state index in [1.54, 1.807) is 11.8 Å². The van der Waals surface area contributed by atoms with Crippen LogP contribution in [0.4, 0.5) is 0 Å². The number of carbonyl (C=O) groups excluding carboxylic acids is 2. The first-order chi connectivity index (χ1) is 12.0. The highest BCUT2D eigenvalue weighted by atomic mass is 16.2. The first-order valence-corrected chi connectivity index (χ1v) is 9.18. The molecule has 7 nitrogen and oxygen atoms in total. The zero-order valence-electron chi connectivity index (χ0n) is 14.5. The molecule has 1 aromatic heterocycles. The standard InChI is InChI=1S/C18H24N4O3/c1-11-19-7-15(16(23)20-11)18(25)21-9-13-5-6-14(10-21)22(17(13)24)8-12-3-2-4-12/h7,12-14H,2-6,8-10H2,1H3,(H,19,20,23)/t13-,14+/m0/s1. The van der Waals surface area contributed by atoms with Crippen LogP contribution in [0.1, 0.15) is 48.3 Å². The summed E-state index contributed by atoms with van der Waals surface area (Å²) in [4.78, 5) is 48.1. The largest absolute Gasteiger partial charge is 0.337 e. The topological polar surface area (TPSA) is 86.4 Å². The molecule has 1 N–H and O–H groups in total. The minimum absolute atomic E-state index is 0.0601. The van der Waals surface area contributed by atoms with Crippen LogP contribution in [-0.2, 0) is 4.79 Å². The Balaban J connectivity index is 1.55. The zero-order chi connectivity index (χ0) is 17.6. The molecule has 5 rings (SSSR count). The van der Waals surface area contributed by atoms with E-state index in [9.17, 15) is 14.4 Å². The lowest BCUT2D eigenvalue weighted by atomic mass is 9.83. The lowest BCUT2D eigenvalue weighted by Gasteiger charge is -2.40. The molecular formula is C18H24N4O3. The van der Waals surface area contributed by atoms with Crippen molar-refractivity contribution < 1.29 is 9.59 Å². The van der Waals surface area contributed by atoms with E-state index in [0.29, 0.717) is 24.8 Å². The molecule has 1 saturated carbocycles. The Bertz CT molecular complexity index is 755. The first-order valence-electron chi connectivity index (χ1n) is 9.18. The summed E-state index contributed by atoms with van der Waals surface area (Å²) in [5, 5.41) is 0. The van der Waals surface area contributed by atoms with Crippen molar-refractivity contribution in [1.82, 2.24) is 19.8 Å². The van der Waals surface area contributed by atoms with Crippen molar-refractivity contribution in [1.29, 1.82) is 0 Å². The van der Waals surface area contributed by atoms with Crippen LogP contribution in [0.15, 0.2) is 11.0 Å². The SMILES string of the molecule is Cc1ncc(C(=O)N2C[C@@H]3CC[C@H](C2)N(CC2CCC2)C3=O)c(=O)[nH]1. The van der Waals surface area contributed by atoms with Gasteiger partial charge in [-0.2, -0.15) is 0 Å². The molecule has 134 valence electrons. The Morgan fingerprint density at radius 3 is 2.72 bits per heavy atom. The molecule has 0 unspecified atom stereocenters. The minimum Gasteiger partial charge on any atom is -0.337 e. The Hall–Kier alpha value is -2.18. The number of aryl methyl sites for hydroxylation is 1. The van der Waals surface area contributed by atoms with Crippen molar-refractivity contribution in [2.75, 3.05) is 19.6 Å². The van der Waals surface area contributed by atoms with E-state index in [0.717, 1.165) is 19.4 Å². The van der Waals surface area contributed by atoms with Crippen LogP contribution < -0.4 is 5.56 Å². The van der Waals surface area contributed by atoms with Crippen LogP contribution in [0, 0.1) is 18.8 Å². The van der Waals surface area contributed by atoms with E-state index >= 15 is 0 Å². The number of carbonyl (C=O) groups is 2. The molecule has 3 saturated heterocycles. The number of nitrogens with one attached hydrogen (secondary N) is 1. The Labute approximate surface area is 146 Å². The molecule has 2 amide bonds. The number of rotatable bonds is 3. The summed E-state index contributed by atoms with van der Waals surface area (Å²) in [6.45, 7) is 3.43. The number of aromatic amines is 1. The fourth-order valence-electron chi connectivity index (χ4n) is 4.21. The van der Waals surface area contributed by atoms with Crippen LogP contribution >= 0.6 is 0 Å². The number of aromatic nitrogens is 2. The second kappa shape index (κ2) is 6.28. The van der Waals surface area contributed by atoms with Gasteiger partial charge in [0.15, 0.2) is 0 Å². The minimum atomic E-state index is -0.410. The highest BCUT2D eigenvalue weighted by Gasteiger charge is 2.43. The van der Waals surface area contributed by atoms with Crippen molar-refractivity contribution in [3.05, 3.63) is 27.9 Å². The maximum atomic E-state index is 12.8.